The summed E-state index contributed by atoms with van der Waals surface area (Å²) in [5.74, 6) is -0.261. The van der Waals surface area contributed by atoms with Crippen molar-refractivity contribution in [2.75, 3.05) is 0 Å². The number of rotatable bonds is 6. The predicted octanol–water partition coefficient (Wildman–Crippen LogP) is 2.86. The summed E-state index contributed by atoms with van der Waals surface area (Å²) < 4.78 is 0. The summed E-state index contributed by atoms with van der Waals surface area (Å²) in [5.41, 5.74) is 1.63. The summed E-state index contributed by atoms with van der Waals surface area (Å²) in [7, 11) is 0. The van der Waals surface area contributed by atoms with Crippen LogP contribution in [0.25, 0.3) is 0 Å². The van der Waals surface area contributed by atoms with Crippen molar-refractivity contribution >= 4 is 11.7 Å². The topological polar surface area (TPSA) is 54.4 Å². The van der Waals surface area contributed by atoms with Gasteiger partial charge in [0, 0.05) is 24.4 Å². The third-order valence-electron chi connectivity index (χ3n) is 2.28. The molecule has 0 unspecified atom stereocenters. The Morgan fingerprint density at radius 1 is 1.50 bits per heavy atom. The highest BCUT2D eigenvalue weighted by Gasteiger charge is 2.03. The molecule has 4 nitrogen and oxygen atoms in total. The van der Waals surface area contributed by atoms with E-state index in [-0.39, 0.29) is 5.97 Å². The molecule has 1 N–H and O–H groups in total. The van der Waals surface area contributed by atoms with Crippen LogP contribution < -0.4 is 0 Å². The van der Waals surface area contributed by atoms with E-state index >= 15 is 0 Å². The molecule has 0 atom stereocenters. The molecule has 88 valence electrons. The Labute approximate surface area is 95.7 Å². The maximum absolute atomic E-state index is 11.3. The predicted molar refractivity (Wildman–Crippen MR) is 63.2 cm³/mol. The van der Waals surface area contributed by atoms with Gasteiger partial charge in [0.15, 0.2) is 0 Å². The molecular weight excluding hydrogens is 204 g/mol. The number of unbranched alkanes of at least 4 members (excludes halogenated alkanes) is 2. The van der Waals surface area contributed by atoms with Crippen molar-refractivity contribution in [3.63, 3.8) is 0 Å². The maximum Gasteiger partial charge on any atom is 0.335 e. The lowest BCUT2D eigenvalue weighted by Gasteiger charge is -1.99. The van der Waals surface area contributed by atoms with E-state index in [1.165, 1.54) is 0 Å². The van der Waals surface area contributed by atoms with Gasteiger partial charge in [0.25, 0.3) is 0 Å². The summed E-state index contributed by atoms with van der Waals surface area (Å²) in [5, 5.41) is 3.79. The summed E-state index contributed by atoms with van der Waals surface area (Å²) >= 11 is 0. The van der Waals surface area contributed by atoms with Crippen LogP contribution in [0.3, 0.4) is 0 Å². The second kappa shape index (κ2) is 6.82. The molecule has 1 aromatic rings. The number of aromatic amines is 1. The minimum atomic E-state index is -0.261. The number of carbonyl (C=O) groups excluding carboxylic acids is 1. The normalized spacial score (nSPS) is 11.5. The van der Waals surface area contributed by atoms with Gasteiger partial charge in [-0.3, -0.25) is 0 Å². The molecule has 0 aliphatic rings. The summed E-state index contributed by atoms with van der Waals surface area (Å²) in [6.07, 6.45) is 7.07. The number of nitrogens with zero attached hydrogens (tertiary/aromatic N) is 1. The fourth-order valence-corrected chi connectivity index (χ4v) is 1.29. The monoisotopic (exact) mass is 222 g/mol. The van der Waals surface area contributed by atoms with Crippen LogP contribution in [0, 0.1) is 0 Å². The first-order chi connectivity index (χ1) is 7.74. The molecule has 0 bridgehead atoms. The van der Waals surface area contributed by atoms with Gasteiger partial charge < -0.3 is 9.82 Å². The van der Waals surface area contributed by atoms with Crippen molar-refractivity contribution in [2.24, 2.45) is 5.16 Å². The average molecular weight is 222 g/mol. The Morgan fingerprint density at radius 2 is 2.31 bits per heavy atom. The van der Waals surface area contributed by atoms with E-state index in [4.69, 9.17) is 4.84 Å². The molecule has 0 radical (unpaired) electrons. The van der Waals surface area contributed by atoms with Gasteiger partial charge in [-0.05, 0) is 19.4 Å². The molecule has 4 heteroatoms. The van der Waals surface area contributed by atoms with Crippen molar-refractivity contribution < 1.29 is 9.63 Å². The van der Waals surface area contributed by atoms with Crippen molar-refractivity contribution in [3.8, 4) is 0 Å². The van der Waals surface area contributed by atoms with Crippen LogP contribution in [0.4, 0.5) is 0 Å². The fraction of sp³-hybridized carbons (Fsp3) is 0.500. The van der Waals surface area contributed by atoms with Crippen molar-refractivity contribution in [1.82, 2.24) is 4.98 Å². The summed E-state index contributed by atoms with van der Waals surface area (Å²) in [6, 6.07) is 1.88. The van der Waals surface area contributed by atoms with Gasteiger partial charge in [-0.25, -0.2) is 4.79 Å². The highest BCUT2D eigenvalue weighted by molar-refractivity contribution is 5.98. The van der Waals surface area contributed by atoms with Crippen LogP contribution in [-0.4, -0.2) is 16.7 Å². The molecule has 0 saturated heterocycles. The van der Waals surface area contributed by atoms with Crippen LogP contribution in [-0.2, 0) is 9.63 Å². The second-order valence-corrected chi connectivity index (χ2v) is 3.70. The molecule has 0 aromatic carbocycles. The van der Waals surface area contributed by atoms with Crippen molar-refractivity contribution in [2.45, 2.75) is 39.5 Å². The first-order valence-corrected chi connectivity index (χ1v) is 5.61. The van der Waals surface area contributed by atoms with Crippen LogP contribution in [0.5, 0.6) is 0 Å². The zero-order chi connectivity index (χ0) is 11.8. The third-order valence-corrected chi connectivity index (χ3v) is 2.28. The van der Waals surface area contributed by atoms with Gasteiger partial charge in [0.05, 0.1) is 5.71 Å². The number of H-pyrrole nitrogens is 1. The van der Waals surface area contributed by atoms with Gasteiger partial charge in [-0.15, -0.1) is 0 Å². The third kappa shape index (κ3) is 4.29. The Hall–Kier alpha value is -1.58. The largest absolute Gasteiger partial charge is 0.367 e. The molecule has 0 aliphatic heterocycles. The van der Waals surface area contributed by atoms with E-state index < -0.39 is 0 Å². The first-order valence-electron chi connectivity index (χ1n) is 5.61. The zero-order valence-corrected chi connectivity index (χ0v) is 9.82. The van der Waals surface area contributed by atoms with Crippen molar-refractivity contribution in [1.29, 1.82) is 0 Å². The van der Waals surface area contributed by atoms with Crippen LogP contribution in [0.15, 0.2) is 23.6 Å². The lowest BCUT2D eigenvalue weighted by atomic mass is 10.2. The first kappa shape index (κ1) is 12.5. The Bertz CT molecular complexity index is 342. The smallest absolute Gasteiger partial charge is 0.335 e. The van der Waals surface area contributed by atoms with Crippen LogP contribution >= 0.6 is 0 Å². The zero-order valence-electron chi connectivity index (χ0n) is 9.82. The van der Waals surface area contributed by atoms with E-state index in [0.29, 0.717) is 12.1 Å². The molecule has 0 amide bonds. The Balaban J connectivity index is 2.32. The molecule has 1 rings (SSSR count). The summed E-state index contributed by atoms with van der Waals surface area (Å²) in [4.78, 5) is 19.0. The van der Waals surface area contributed by atoms with Gasteiger partial charge in [-0.1, -0.05) is 24.9 Å². The lowest BCUT2D eigenvalue weighted by Crippen LogP contribution is -2.02. The van der Waals surface area contributed by atoms with Gasteiger partial charge >= 0.3 is 5.97 Å². The molecule has 16 heavy (non-hydrogen) atoms. The number of hydrogen-bond acceptors (Lipinski definition) is 3. The van der Waals surface area contributed by atoms with Crippen LogP contribution in [0.1, 0.15) is 45.1 Å². The van der Waals surface area contributed by atoms with E-state index in [2.05, 4.69) is 17.1 Å². The Kier molecular flexibility index (Phi) is 5.32. The van der Waals surface area contributed by atoms with Gasteiger partial charge in [0.1, 0.15) is 0 Å². The quantitative estimate of drug-likeness (QED) is 0.348. The minimum Gasteiger partial charge on any atom is -0.367 e. The second-order valence-electron chi connectivity index (χ2n) is 3.70. The molecule has 0 fully saturated rings. The molecule has 0 aliphatic carbocycles. The van der Waals surface area contributed by atoms with Crippen LogP contribution in [0.2, 0.25) is 0 Å². The van der Waals surface area contributed by atoms with E-state index in [1.54, 1.807) is 6.20 Å². The number of nitrogens with one attached hydrogen (secondary N) is 1. The minimum absolute atomic E-state index is 0.261. The lowest BCUT2D eigenvalue weighted by molar-refractivity contribution is -0.143. The average Bonchev–Trinajstić information content (AvgIpc) is 2.79. The van der Waals surface area contributed by atoms with E-state index in [0.717, 1.165) is 24.8 Å². The maximum atomic E-state index is 11.3. The highest BCUT2D eigenvalue weighted by Crippen LogP contribution is 2.03. The highest BCUT2D eigenvalue weighted by atomic mass is 16.7. The molecular formula is C12H18N2O2. The van der Waals surface area contributed by atoms with E-state index in [9.17, 15) is 4.79 Å². The molecule has 1 heterocycles. The standard InChI is InChI=1S/C12H18N2O2/c1-3-4-5-6-12(15)16-14-10(2)11-7-8-13-9-11/h7-9,13H,3-6H2,1-2H3. The number of aromatic nitrogens is 1. The number of hydrogen-bond donors (Lipinski definition) is 1. The van der Waals surface area contributed by atoms with Gasteiger partial charge in [0.2, 0.25) is 0 Å². The van der Waals surface area contributed by atoms with E-state index in [1.807, 2.05) is 19.2 Å². The molecule has 0 spiro atoms. The number of oxime groups is 1. The molecule has 1 aromatic heterocycles. The molecule has 0 saturated carbocycles. The van der Waals surface area contributed by atoms with Gasteiger partial charge in [-0.2, -0.15) is 0 Å². The SMILES string of the molecule is CCCCCC(=O)ON=C(C)c1cc[nH]c1. The Morgan fingerprint density at radius 3 is 2.94 bits per heavy atom. The fourth-order valence-electron chi connectivity index (χ4n) is 1.29. The summed E-state index contributed by atoms with van der Waals surface area (Å²) in [6.45, 7) is 3.90. The number of carbonyl (C=O) groups is 1. The van der Waals surface area contributed by atoms with Crippen molar-refractivity contribution in [3.05, 3.63) is 24.0 Å².